The molecule has 0 atom stereocenters. The molecule has 0 bridgehead atoms. The maximum Gasteiger partial charge on any atom is 0.224 e. The Hall–Kier alpha value is -0.680. The van der Waals surface area contributed by atoms with Crippen LogP contribution in [-0.2, 0) is 0 Å². The van der Waals surface area contributed by atoms with Crippen molar-refractivity contribution in [2.75, 3.05) is 28.7 Å². The fraction of sp³-hybridized carbons (Fsp3) is 0.667. The van der Waals surface area contributed by atoms with E-state index >= 15 is 0 Å². The molecule has 2 rings (SSSR count). The Kier molecular flexibility index (Phi) is 5.38. The molecule has 0 aliphatic carbocycles. The summed E-state index contributed by atoms with van der Waals surface area (Å²) < 4.78 is 0. The number of nitrogens with one attached hydrogen (secondary N) is 2. The molecule has 0 saturated carbocycles. The van der Waals surface area contributed by atoms with Crippen molar-refractivity contribution >= 4 is 35.1 Å². The van der Waals surface area contributed by atoms with Crippen LogP contribution in [0.25, 0.3) is 0 Å². The van der Waals surface area contributed by atoms with Gasteiger partial charge in [-0.1, -0.05) is 18.5 Å². The molecular formula is C12H19ClN4S. The SMILES string of the molecule is CCCNc1ncc(Cl)c(NC2CCSCC2)n1. The van der Waals surface area contributed by atoms with Gasteiger partial charge in [0.05, 0.1) is 6.20 Å². The standard InChI is InChI=1S/C12H19ClN4S/c1-2-5-14-12-15-8-10(13)11(17-12)16-9-3-6-18-7-4-9/h8-9H,2-7H2,1H3,(H2,14,15,16,17). The molecule has 4 nitrogen and oxygen atoms in total. The van der Waals surface area contributed by atoms with Crippen LogP contribution in [0.1, 0.15) is 26.2 Å². The highest BCUT2D eigenvalue weighted by Crippen LogP contribution is 2.24. The largest absolute Gasteiger partial charge is 0.366 e. The summed E-state index contributed by atoms with van der Waals surface area (Å²) in [6.07, 6.45) is 5.05. The number of nitrogens with zero attached hydrogens (tertiary/aromatic N) is 2. The maximum atomic E-state index is 6.13. The zero-order chi connectivity index (χ0) is 12.8. The maximum absolute atomic E-state index is 6.13. The minimum Gasteiger partial charge on any atom is -0.366 e. The average Bonchev–Trinajstić information content (AvgIpc) is 2.41. The number of aromatic nitrogens is 2. The molecule has 0 unspecified atom stereocenters. The molecule has 6 heteroatoms. The highest BCUT2D eigenvalue weighted by Gasteiger charge is 2.15. The summed E-state index contributed by atoms with van der Waals surface area (Å²) in [6, 6.07) is 0.484. The summed E-state index contributed by atoms with van der Waals surface area (Å²) in [5.74, 6) is 3.82. The fourth-order valence-corrected chi connectivity index (χ4v) is 3.08. The summed E-state index contributed by atoms with van der Waals surface area (Å²) in [4.78, 5) is 8.60. The van der Waals surface area contributed by atoms with Gasteiger partial charge in [-0.25, -0.2) is 4.98 Å². The minimum absolute atomic E-state index is 0.484. The van der Waals surface area contributed by atoms with Gasteiger partial charge in [0.2, 0.25) is 5.95 Å². The van der Waals surface area contributed by atoms with Gasteiger partial charge in [-0.05, 0) is 30.8 Å². The molecule has 2 N–H and O–H groups in total. The van der Waals surface area contributed by atoms with E-state index in [1.54, 1.807) is 6.20 Å². The quantitative estimate of drug-likeness (QED) is 0.870. The summed E-state index contributed by atoms with van der Waals surface area (Å²) in [5.41, 5.74) is 0. The van der Waals surface area contributed by atoms with Crippen molar-refractivity contribution in [3.63, 3.8) is 0 Å². The number of rotatable bonds is 5. The van der Waals surface area contributed by atoms with Crippen LogP contribution >= 0.6 is 23.4 Å². The van der Waals surface area contributed by atoms with E-state index in [0.717, 1.165) is 18.8 Å². The van der Waals surface area contributed by atoms with E-state index in [4.69, 9.17) is 11.6 Å². The van der Waals surface area contributed by atoms with E-state index in [0.29, 0.717) is 17.0 Å². The highest BCUT2D eigenvalue weighted by atomic mass is 35.5. The Bertz CT molecular complexity index is 382. The first kappa shape index (κ1) is 13.7. The fourth-order valence-electron chi connectivity index (χ4n) is 1.83. The van der Waals surface area contributed by atoms with Crippen LogP contribution in [-0.4, -0.2) is 34.1 Å². The second kappa shape index (κ2) is 7.04. The van der Waals surface area contributed by atoms with Gasteiger partial charge >= 0.3 is 0 Å². The summed E-state index contributed by atoms with van der Waals surface area (Å²) in [5, 5.41) is 7.20. The third kappa shape index (κ3) is 3.92. The number of thioether (sulfide) groups is 1. The lowest BCUT2D eigenvalue weighted by molar-refractivity contribution is 0.663. The predicted octanol–water partition coefficient (Wildman–Crippen LogP) is 3.26. The van der Waals surface area contributed by atoms with Gasteiger partial charge in [0.15, 0.2) is 5.82 Å². The van der Waals surface area contributed by atoms with Crippen molar-refractivity contribution in [1.82, 2.24) is 9.97 Å². The highest BCUT2D eigenvalue weighted by molar-refractivity contribution is 7.99. The Balaban J connectivity index is 2.00. The van der Waals surface area contributed by atoms with E-state index < -0.39 is 0 Å². The molecule has 1 aromatic rings. The molecule has 0 aromatic carbocycles. The van der Waals surface area contributed by atoms with Gasteiger partial charge in [-0.15, -0.1) is 0 Å². The van der Waals surface area contributed by atoms with Crippen LogP contribution in [0.3, 0.4) is 0 Å². The Labute approximate surface area is 117 Å². The lowest BCUT2D eigenvalue weighted by atomic mass is 10.1. The Morgan fingerprint density at radius 2 is 2.22 bits per heavy atom. The molecule has 0 spiro atoms. The first-order valence-electron chi connectivity index (χ1n) is 6.40. The van der Waals surface area contributed by atoms with Gasteiger partial charge < -0.3 is 10.6 Å². The zero-order valence-corrected chi connectivity index (χ0v) is 12.2. The molecule has 1 aliphatic rings. The normalized spacial score (nSPS) is 16.6. The van der Waals surface area contributed by atoms with E-state index in [2.05, 4.69) is 27.5 Å². The van der Waals surface area contributed by atoms with Crippen molar-refractivity contribution < 1.29 is 0 Å². The van der Waals surface area contributed by atoms with E-state index in [1.165, 1.54) is 24.3 Å². The molecule has 18 heavy (non-hydrogen) atoms. The molecule has 1 saturated heterocycles. The van der Waals surface area contributed by atoms with E-state index in [-0.39, 0.29) is 0 Å². The van der Waals surface area contributed by atoms with Crippen molar-refractivity contribution in [2.45, 2.75) is 32.2 Å². The van der Waals surface area contributed by atoms with Gasteiger partial charge in [0.25, 0.3) is 0 Å². The molecule has 1 fully saturated rings. The van der Waals surface area contributed by atoms with Gasteiger partial charge in [-0.3, -0.25) is 0 Å². The van der Waals surface area contributed by atoms with Crippen LogP contribution < -0.4 is 10.6 Å². The molecule has 100 valence electrons. The molecule has 2 heterocycles. The molecular weight excluding hydrogens is 268 g/mol. The number of anilines is 2. The lowest BCUT2D eigenvalue weighted by Gasteiger charge is -2.23. The van der Waals surface area contributed by atoms with Crippen LogP contribution in [0, 0.1) is 0 Å². The van der Waals surface area contributed by atoms with Gasteiger partial charge in [0.1, 0.15) is 5.02 Å². The van der Waals surface area contributed by atoms with Crippen molar-refractivity contribution in [1.29, 1.82) is 0 Å². The van der Waals surface area contributed by atoms with Crippen LogP contribution in [0.15, 0.2) is 6.20 Å². The number of hydrogen-bond acceptors (Lipinski definition) is 5. The Morgan fingerprint density at radius 1 is 1.44 bits per heavy atom. The number of hydrogen-bond donors (Lipinski definition) is 2. The lowest BCUT2D eigenvalue weighted by Crippen LogP contribution is -2.25. The second-order valence-corrected chi connectivity index (χ2v) is 5.98. The van der Waals surface area contributed by atoms with Gasteiger partial charge in [-0.2, -0.15) is 16.7 Å². The molecule has 1 aromatic heterocycles. The monoisotopic (exact) mass is 286 g/mol. The smallest absolute Gasteiger partial charge is 0.224 e. The Morgan fingerprint density at radius 3 is 2.94 bits per heavy atom. The minimum atomic E-state index is 0.484. The summed E-state index contributed by atoms with van der Waals surface area (Å²) in [6.45, 7) is 2.99. The van der Waals surface area contributed by atoms with Crippen molar-refractivity contribution in [3.8, 4) is 0 Å². The third-order valence-corrected chi connectivity index (χ3v) is 4.16. The third-order valence-electron chi connectivity index (χ3n) is 2.84. The number of halogens is 1. The van der Waals surface area contributed by atoms with Crippen LogP contribution in [0.4, 0.5) is 11.8 Å². The van der Waals surface area contributed by atoms with E-state index in [9.17, 15) is 0 Å². The predicted molar refractivity (Wildman–Crippen MR) is 79.8 cm³/mol. The first-order chi connectivity index (χ1) is 8.79. The zero-order valence-electron chi connectivity index (χ0n) is 10.6. The first-order valence-corrected chi connectivity index (χ1v) is 7.93. The van der Waals surface area contributed by atoms with Gasteiger partial charge in [0, 0.05) is 12.6 Å². The van der Waals surface area contributed by atoms with E-state index in [1.807, 2.05) is 11.8 Å². The van der Waals surface area contributed by atoms with Crippen molar-refractivity contribution in [2.24, 2.45) is 0 Å². The second-order valence-electron chi connectivity index (χ2n) is 4.35. The molecule has 1 aliphatic heterocycles. The molecule has 0 amide bonds. The summed E-state index contributed by atoms with van der Waals surface area (Å²) in [7, 11) is 0. The van der Waals surface area contributed by atoms with Crippen LogP contribution in [0.2, 0.25) is 5.02 Å². The summed E-state index contributed by atoms with van der Waals surface area (Å²) >= 11 is 8.14. The topological polar surface area (TPSA) is 49.8 Å². The average molecular weight is 287 g/mol. The van der Waals surface area contributed by atoms with Crippen molar-refractivity contribution in [3.05, 3.63) is 11.2 Å². The molecule has 0 radical (unpaired) electrons. The van der Waals surface area contributed by atoms with Crippen LogP contribution in [0.5, 0.6) is 0 Å².